The molecular formula is C19H20N2O3. The second-order valence-electron chi connectivity index (χ2n) is 6.55. The molecule has 0 aliphatic heterocycles. The van der Waals surface area contributed by atoms with E-state index in [1.165, 1.54) is 12.8 Å². The molecule has 1 aliphatic rings. The highest BCUT2D eigenvalue weighted by Crippen LogP contribution is 2.36. The van der Waals surface area contributed by atoms with Crippen molar-refractivity contribution in [2.75, 3.05) is 0 Å². The van der Waals surface area contributed by atoms with Crippen LogP contribution in [0.15, 0.2) is 33.7 Å². The van der Waals surface area contributed by atoms with Crippen LogP contribution in [0.4, 0.5) is 0 Å². The molecule has 0 atom stereocenters. The van der Waals surface area contributed by atoms with E-state index in [1.54, 1.807) is 6.92 Å². The Labute approximate surface area is 139 Å². The summed E-state index contributed by atoms with van der Waals surface area (Å²) < 4.78 is 13.7. The average molecular weight is 324 g/mol. The van der Waals surface area contributed by atoms with Crippen LogP contribution in [0.2, 0.25) is 0 Å². The van der Waals surface area contributed by atoms with Gasteiger partial charge in [0.25, 0.3) is 0 Å². The third kappa shape index (κ3) is 2.50. The molecule has 3 aromatic rings. The number of hydrogen-bond acceptors (Lipinski definition) is 4. The van der Waals surface area contributed by atoms with Crippen LogP contribution in [-0.4, -0.2) is 9.55 Å². The van der Waals surface area contributed by atoms with Crippen molar-refractivity contribution in [3.05, 3.63) is 57.5 Å². The van der Waals surface area contributed by atoms with Crippen molar-refractivity contribution in [3.63, 3.8) is 0 Å². The lowest BCUT2D eigenvalue weighted by Crippen LogP contribution is -2.08. The van der Waals surface area contributed by atoms with Crippen LogP contribution in [0.3, 0.4) is 0 Å². The smallest absolute Gasteiger partial charge is 0.339 e. The molecule has 0 radical (unpaired) electrons. The molecule has 5 nitrogen and oxygen atoms in total. The second-order valence-corrected chi connectivity index (χ2v) is 6.55. The van der Waals surface area contributed by atoms with Crippen LogP contribution < -0.4 is 10.4 Å². The van der Waals surface area contributed by atoms with Gasteiger partial charge in [-0.25, -0.2) is 9.78 Å². The highest BCUT2D eigenvalue weighted by atomic mass is 16.5. The van der Waals surface area contributed by atoms with Gasteiger partial charge in [0.1, 0.15) is 23.8 Å². The maximum atomic E-state index is 11.9. The molecule has 24 heavy (non-hydrogen) atoms. The predicted molar refractivity (Wildman–Crippen MR) is 91.5 cm³/mol. The number of benzene rings is 1. The Balaban J connectivity index is 1.74. The molecular weight excluding hydrogens is 304 g/mol. The standard InChI is InChI=1S/C19H20N2O3/c1-11-8-15(18-12(2)13(3)19(22)24-16(18)9-11)23-10-17-20-6-7-21(17)14-4-5-14/h6-9,14H,4-5,10H2,1-3H3. The van der Waals surface area contributed by atoms with Gasteiger partial charge < -0.3 is 13.7 Å². The van der Waals surface area contributed by atoms with Crippen molar-refractivity contribution in [1.29, 1.82) is 0 Å². The van der Waals surface area contributed by atoms with Gasteiger partial charge in [0.05, 0.1) is 5.39 Å². The number of aromatic nitrogens is 2. The fraction of sp³-hybridized carbons (Fsp3) is 0.368. The van der Waals surface area contributed by atoms with Gasteiger partial charge >= 0.3 is 5.63 Å². The third-order valence-corrected chi connectivity index (χ3v) is 4.70. The quantitative estimate of drug-likeness (QED) is 0.684. The van der Waals surface area contributed by atoms with Crippen LogP contribution in [0, 0.1) is 20.8 Å². The summed E-state index contributed by atoms with van der Waals surface area (Å²) in [5.74, 6) is 1.67. The zero-order valence-corrected chi connectivity index (χ0v) is 14.1. The molecule has 1 fully saturated rings. The summed E-state index contributed by atoms with van der Waals surface area (Å²) in [6, 6.07) is 4.43. The van der Waals surface area contributed by atoms with Crippen molar-refractivity contribution in [2.24, 2.45) is 0 Å². The SMILES string of the molecule is Cc1cc(OCc2nccn2C2CC2)c2c(C)c(C)c(=O)oc2c1. The lowest BCUT2D eigenvalue weighted by molar-refractivity contribution is 0.292. The number of nitrogens with zero attached hydrogens (tertiary/aromatic N) is 2. The number of rotatable bonds is 4. The van der Waals surface area contributed by atoms with E-state index in [0.29, 0.717) is 23.8 Å². The van der Waals surface area contributed by atoms with Gasteiger partial charge in [-0.15, -0.1) is 0 Å². The summed E-state index contributed by atoms with van der Waals surface area (Å²) in [6.45, 7) is 6.08. The van der Waals surface area contributed by atoms with Crippen LogP contribution >= 0.6 is 0 Å². The van der Waals surface area contributed by atoms with E-state index in [0.717, 1.165) is 28.1 Å². The minimum absolute atomic E-state index is 0.291. The lowest BCUT2D eigenvalue weighted by atomic mass is 10.0. The number of aryl methyl sites for hydroxylation is 2. The molecule has 2 aromatic heterocycles. The number of fused-ring (bicyclic) bond motifs is 1. The summed E-state index contributed by atoms with van der Waals surface area (Å²) >= 11 is 0. The van der Waals surface area contributed by atoms with E-state index in [-0.39, 0.29) is 5.63 Å². The maximum absolute atomic E-state index is 11.9. The fourth-order valence-corrected chi connectivity index (χ4v) is 3.09. The molecule has 0 amide bonds. The van der Waals surface area contributed by atoms with E-state index in [1.807, 2.05) is 38.4 Å². The van der Waals surface area contributed by atoms with Crippen LogP contribution in [0.25, 0.3) is 11.0 Å². The molecule has 2 heterocycles. The molecule has 5 heteroatoms. The molecule has 0 N–H and O–H groups in total. The molecule has 0 unspecified atom stereocenters. The Hall–Kier alpha value is -2.56. The van der Waals surface area contributed by atoms with E-state index >= 15 is 0 Å². The van der Waals surface area contributed by atoms with Gasteiger partial charge in [-0.1, -0.05) is 0 Å². The summed E-state index contributed by atoms with van der Waals surface area (Å²) in [7, 11) is 0. The van der Waals surface area contributed by atoms with Gasteiger partial charge in [-0.3, -0.25) is 0 Å². The van der Waals surface area contributed by atoms with E-state index in [4.69, 9.17) is 9.15 Å². The van der Waals surface area contributed by atoms with Crippen molar-refractivity contribution >= 4 is 11.0 Å². The van der Waals surface area contributed by atoms with Gasteiger partial charge in [0.15, 0.2) is 0 Å². The van der Waals surface area contributed by atoms with Crippen molar-refractivity contribution in [2.45, 2.75) is 46.3 Å². The summed E-state index contributed by atoms with van der Waals surface area (Å²) in [5.41, 5.74) is 2.80. The van der Waals surface area contributed by atoms with Crippen molar-refractivity contribution < 1.29 is 9.15 Å². The topological polar surface area (TPSA) is 57.3 Å². The van der Waals surface area contributed by atoms with Gasteiger partial charge in [0.2, 0.25) is 0 Å². The van der Waals surface area contributed by atoms with Gasteiger partial charge in [-0.05, 0) is 56.9 Å². The average Bonchev–Trinajstić information content (AvgIpc) is 3.28. The molecule has 1 aromatic carbocycles. The number of hydrogen-bond donors (Lipinski definition) is 0. The Kier molecular flexibility index (Phi) is 3.44. The number of imidazole rings is 1. The van der Waals surface area contributed by atoms with E-state index in [9.17, 15) is 4.79 Å². The largest absolute Gasteiger partial charge is 0.485 e. The first-order valence-corrected chi connectivity index (χ1v) is 8.24. The zero-order chi connectivity index (χ0) is 16.8. The summed E-state index contributed by atoms with van der Waals surface area (Å²) in [5, 5.41) is 0.863. The van der Waals surface area contributed by atoms with Crippen molar-refractivity contribution in [3.8, 4) is 5.75 Å². The molecule has 0 bridgehead atoms. The molecule has 0 saturated heterocycles. The van der Waals surface area contributed by atoms with Gasteiger partial charge in [-0.2, -0.15) is 0 Å². The first-order chi connectivity index (χ1) is 11.5. The minimum Gasteiger partial charge on any atom is -0.485 e. The van der Waals surface area contributed by atoms with Crippen LogP contribution in [0.1, 0.15) is 41.4 Å². The van der Waals surface area contributed by atoms with Crippen LogP contribution in [-0.2, 0) is 6.61 Å². The monoisotopic (exact) mass is 324 g/mol. The Morgan fingerprint density at radius 2 is 2.04 bits per heavy atom. The predicted octanol–water partition coefficient (Wildman–Crippen LogP) is 3.83. The molecule has 1 aliphatic carbocycles. The fourth-order valence-electron chi connectivity index (χ4n) is 3.09. The molecule has 4 rings (SSSR count). The first-order valence-electron chi connectivity index (χ1n) is 8.24. The molecule has 1 saturated carbocycles. The normalized spacial score (nSPS) is 14.3. The maximum Gasteiger partial charge on any atom is 0.339 e. The highest BCUT2D eigenvalue weighted by Gasteiger charge is 2.25. The number of ether oxygens (including phenoxy) is 1. The molecule has 124 valence electrons. The minimum atomic E-state index is -0.291. The second kappa shape index (κ2) is 5.51. The van der Waals surface area contributed by atoms with Crippen LogP contribution in [0.5, 0.6) is 5.75 Å². The Bertz CT molecular complexity index is 980. The van der Waals surface area contributed by atoms with E-state index < -0.39 is 0 Å². The Morgan fingerprint density at radius 1 is 1.25 bits per heavy atom. The van der Waals surface area contributed by atoms with E-state index in [2.05, 4.69) is 9.55 Å². The zero-order valence-electron chi connectivity index (χ0n) is 14.1. The highest BCUT2D eigenvalue weighted by molar-refractivity contribution is 5.88. The molecule has 0 spiro atoms. The van der Waals surface area contributed by atoms with Gasteiger partial charge in [0, 0.05) is 24.0 Å². The Morgan fingerprint density at radius 3 is 2.79 bits per heavy atom. The summed E-state index contributed by atoms with van der Waals surface area (Å²) in [4.78, 5) is 16.3. The third-order valence-electron chi connectivity index (χ3n) is 4.70. The lowest BCUT2D eigenvalue weighted by Gasteiger charge is -2.13. The first kappa shape index (κ1) is 15.0. The van der Waals surface area contributed by atoms with Crippen molar-refractivity contribution in [1.82, 2.24) is 9.55 Å². The summed E-state index contributed by atoms with van der Waals surface area (Å²) in [6.07, 6.45) is 6.25.